The molecule has 12 heteroatoms. The molecule has 0 unspecified atom stereocenters. The summed E-state index contributed by atoms with van der Waals surface area (Å²) in [4.78, 5) is 25.3. The summed E-state index contributed by atoms with van der Waals surface area (Å²) in [6.07, 6.45) is 1.64. The van der Waals surface area contributed by atoms with Crippen LogP contribution in [0.5, 0.6) is 5.75 Å². The molecule has 2 aromatic heterocycles. The highest BCUT2D eigenvalue weighted by atomic mass is 32.1. The van der Waals surface area contributed by atoms with Crippen LogP contribution in [-0.4, -0.2) is 30.7 Å². The number of benzene rings is 4. The summed E-state index contributed by atoms with van der Waals surface area (Å²) < 4.78 is 1.86. The van der Waals surface area contributed by atoms with Gasteiger partial charge in [-0.05, 0) is 65.7 Å². The third kappa shape index (κ3) is 5.05. The molecule has 0 atom stereocenters. The van der Waals surface area contributed by atoms with Crippen molar-refractivity contribution in [1.29, 1.82) is 0 Å². The molecule has 42 heavy (non-hydrogen) atoms. The Hall–Kier alpha value is -5.88. The number of H-pyrrole nitrogens is 1. The molecule has 0 radical (unpaired) electrons. The summed E-state index contributed by atoms with van der Waals surface area (Å²) in [5.41, 5.74) is 5.34. The average molecular weight is 577 g/mol. The molecule has 6 rings (SSSR count). The van der Waals surface area contributed by atoms with Gasteiger partial charge in [-0.15, -0.1) is 16.4 Å². The Balaban J connectivity index is 1.46. The van der Waals surface area contributed by atoms with Gasteiger partial charge in [0.1, 0.15) is 5.75 Å². The van der Waals surface area contributed by atoms with Crippen LogP contribution < -0.4 is 4.80 Å². The number of nitro groups is 2. The quantitative estimate of drug-likeness (QED) is 0.121. The maximum atomic E-state index is 11.1. The highest BCUT2D eigenvalue weighted by Crippen LogP contribution is 2.31. The maximum Gasteiger partial charge on any atom is 0.269 e. The molecule has 0 saturated heterocycles. The second-order valence-electron chi connectivity index (χ2n) is 9.17. The fourth-order valence-electron chi connectivity index (χ4n) is 4.60. The van der Waals surface area contributed by atoms with Crippen LogP contribution in [0.4, 0.5) is 11.4 Å². The van der Waals surface area contributed by atoms with Gasteiger partial charge in [0.05, 0.1) is 27.4 Å². The maximum absolute atomic E-state index is 11.1. The van der Waals surface area contributed by atoms with Crippen molar-refractivity contribution in [3.63, 3.8) is 0 Å². The molecule has 0 aliphatic rings. The molecule has 0 aliphatic carbocycles. The Morgan fingerprint density at radius 2 is 1.43 bits per heavy atom. The topological polar surface area (TPSA) is 152 Å². The van der Waals surface area contributed by atoms with Crippen molar-refractivity contribution in [2.45, 2.75) is 0 Å². The Labute approximate surface area is 241 Å². The summed E-state index contributed by atoms with van der Waals surface area (Å²) in [5, 5.41) is 43.9. The van der Waals surface area contributed by atoms with Crippen LogP contribution in [0.15, 0.2) is 113 Å². The molecule has 0 aliphatic heterocycles. The predicted molar refractivity (Wildman–Crippen MR) is 161 cm³/mol. The van der Waals surface area contributed by atoms with Crippen molar-refractivity contribution in [3.8, 4) is 34.0 Å². The zero-order chi connectivity index (χ0) is 29.2. The third-order valence-electron chi connectivity index (χ3n) is 6.63. The molecule has 0 saturated carbocycles. The number of aromatic nitrogens is 2. The van der Waals surface area contributed by atoms with Gasteiger partial charge in [-0.2, -0.15) is 5.10 Å². The van der Waals surface area contributed by atoms with E-state index < -0.39 is 9.85 Å². The Kier molecular flexibility index (Phi) is 6.87. The van der Waals surface area contributed by atoms with Crippen LogP contribution >= 0.6 is 11.3 Å². The number of rotatable bonds is 7. The van der Waals surface area contributed by atoms with E-state index in [1.807, 2.05) is 34.2 Å². The second kappa shape index (κ2) is 10.9. The van der Waals surface area contributed by atoms with Gasteiger partial charge in [-0.25, -0.2) is 0 Å². The summed E-state index contributed by atoms with van der Waals surface area (Å²) in [6.45, 7) is 0. The molecule has 0 spiro atoms. The molecule has 6 aromatic rings. The van der Waals surface area contributed by atoms with Crippen molar-refractivity contribution in [2.24, 2.45) is 10.2 Å². The average Bonchev–Trinajstić information content (AvgIpc) is 3.59. The lowest BCUT2D eigenvalue weighted by Gasteiger charge is -2.09. The normalized spacial score (nSPS) is 11.9. The minimum atomic E-state index is -0.448. The van der Waals surface area contributed by atoms with E-state index in [0.717, 1.165) is 44.7 Å². The van der Waals surface area contributed by atoms with E-state index in [2.05, 4.69) is 15.2 Å². The van der Waals surface area contributed by atoms with E-state index in [-0.39, 0.29) is 17.1 Å². The molecule has 0 amide bonds. The molecular formula is C30H20N6O5S. The van der Waals surface area contributed by atoms with Gasteiger partial charge in [0.15, 0.2) is 0 Å². The molecule has 0 bridgehead atoms. The zero-order valence-electron chi connectivity index (χ0n) is 21.6. The highest BCUT2D eigenvalue weighted by molar-refractivity contribution is 7.07. The number of phenolic OH excluding ortho intramolecular Hbond substituents is 1. The number of nitrogens with zero attached hydrogens (tertiary/aromatic N) is 5. The first-order chi connectivity index (χ1) is 20.4. The van der Waals surface area contributed by atoms with Crippen molar-refractivity contribution < 1.29 is 15.0 Å². The van der Waals surface area contributed by atoms with E-state index >= 15 is 0 Å². The first kappa shape index (κ1) is 26.3. The fraction of sp³-hybridized carbons (Fsp3) is 0. The van der Waals surface area contributed by atoms with Gasteiger partial charge in [-0.3, -0.25) is 24.8 Å². The van der Waals surface area contributed by atoms with Gasteiger partial charge >= 0.3 is 0 Å². The van der Waals surface area contributed by atoms with Crippen LogP contribution in [0.2, 0.25) is 0 Å². The summed E-state index contributed by atoms with van der Waals surface area (Å²) in [6, 6.07) is 26.9. The molecule has 11 nitrogen and oxygen atoms in total. The molecule has 2 heterocycles. The highest BCUT2D eigenvalue weighted by Gasteiger charge is 2.15. The van der Waals surface area contributed by atoms with Crippen molar-refractivity contribution >= 4 is 39.8 Å². The zero-order valence-corrected chi connectivity index (χ0v) is 22.4. The largest absolute Gasteiger partial charge is 0.508 e. The van der Waals surface area contributed by atoms with Crippen LogP contribution in [0.3, 0.4) is 0 Å². The molecular weight excluding hydrogens is 556 g/mol. The van der Waals surface area contributed by atoms with E-state index in [1.54, 1.807) is 54.7 Å². The number of para-hydroxylation sites is 1. The number of aromatic amines is 1. The van der Waals surface area contributed by atoms with E-state index in [0.29, 0.717) is 4.80 Å². The number of fused-ring (bicyclic) bond motifs is 1. The second-order valence-corrected chi connectivity index (χ2v) is 10.0. The van der Waals surface area contributed by atoms with Crippen molar-refractivity contribution in [3.05, 3.63) is 133 Å². The smallest absolute Gasteiger partial charge is 0.269 e. The minimum Gasteiger partial charge on any atom is -0.508 e. The number of hydrogen-bond donors (Lipinski definition) is 2. The lowest BCUT2D eigenvalue weighted by molar-refractivity contribution is -0.385. The third-order valence-corrected chi connectivity index (χ3v) is 7.45. The van der Waals surface area contributed by atoms with Crippen molar-refractivity contribution in [2.75, 3.05) is 0 Å². The SMILES string of the molecule is O=[N+]([O-])c1ccc(-c2[nH]c3ccccc3c2/C=N/N=c2\scc(-c3ccc([N+](=O)[O-])cc3)n2-c2ccc(O)cc2)cc1. The van der Waals surface area contributed by atoms with Gasteiger partial charge in [0.25, 0.3) is 11.4 Å². The van der Waals surface area contributed by atoms with Crippen LogP contribution in [0.25, 0.3) is 39.1 Å². The first-order valence-corrected chi connectivity index (χ1v) is 13.4. The van der Waals surface area contributed by atoms with Crippen LogP contribution in [0, 0.1) is 20.2 Å². The molecule has 4 aromatic carbocycles. The fourth-order valence-corrected chi connectivity index (χ4v) is 5.46. The molecule has 206 valence electrons. The molecule has 2 N–H and O–H groups in total. The number of nitrogens with one attached hydrogen (secondary N) is 1. The Bertz CT molecular complexity index is 2040. The number of nitro benzene ring substituents is 2. The van der Waals surface area contributed by atoms with Gasteiger partial charge in [0, 0.05) is 51.8 Å². The van der Waals surface area contributed by atoms with E-state index in [1.165, 1.54) is 35.6 Å². The van der Waals surface area contributed by atoms with Gasteiger partial charge < -0.3 is 10.1 Å². The van der Waals surface area contributed by atoms with E-state index in [4.69, 9.17) is 0 Å². The lowest BCUT2D eigenvalue weighted by atomic mass is 10.1. The predicted octanol–water partition coefficient (Wildman–Crippen LogP) is 6.81. The van der Waals surface area contributed by atoms with Gasteiger partial charge in [0.2, 0.25) is 4.80 Å². The summed E-state index contributed by atoms with van der Waals surface area (Å²) in [5.74, 6) is 0.112. The van der Waals surface area contributed by atoms with Crippen LogP contribution in [-0.2, 0) is 0 Å². The number of thiazole rings is 1. The number of aromatic hydroxyl groups is 1. The Morgan fingerprint density at radius 1 is 0.810 bits per heavy atom. The van der Waals surface area contributed by atoms with Crippen LogP contribution in [0.1, 0.15) is 5.56 Å². The number of non-ortho nitro benzene ring substituents is 2. The minimum absolute atomic E-state index is 0.000355. The van der Waals surface area contributed by atoms with Crippen molar-refractivity contribution in [1.82, 2.24) is 9.55 Å². The standard InChI is InChI=1S/C30H20N6O5S/c37-24-15-13-21(14-16-24)34-28(19-5-9-22(10-6-19)35(38)39)18-42-30(34)33-31-17-26-25-3-1-2-4-27(25)32-29(26)20-7-11-23(12-8-20)36(40)41/h1-18,32,37H/b31-17+,33-30-. The Morgan fingerprint density at radius 3 is 2.07 bits per heavy atom. The molecule has 0 fully saturated rings. The summed E-state index contributed by atoms with van der Waals surface area (Å²) >= 11 is 1.34. The lowest BCUT2D eigenvalue weighted by Crippen LogP contribution is -2.13. The monoisotopic (exact) mass is 576 g/mol. The number of hydrogen-bond acceptors (Lipinski definition) is 8. The van der Waals surface area contributed by atoms with Gasteiger partial charge in [-0.1, -0.05) is 18.2 Å². The summed E-state index contributed by atoms with van der Waals surface area (Å²) in [7, 11) is 0. The first-order valence-electron chi connectivity index (χ1n) is 12.6. The number of phenols is 1. The van der Waals surface area contributed by atoms with E-state index in [9.17, 15) is 25.3 Å².